The van der Waals surface area contributed by atoms with Gasteiger partial charge in [-0.2, -0.15) is 0 Å². The maximum absolute atomic E-state index is 3.35. The number of hydrogen-bond donors (Lipinski definition) is 1. The minimum absolute atomic E-state index is 1.03. The van der Waals surface area contributed by atoms with Crippen molar-refractivity contribution in [2.24, 2.45) is 0 Å². The summed E-state index contributed by atoms with van der Waals surface area (Å²) in [6.45, 7) is 8.56. The lowest BCUT2D eigenvalue weighted by Gasteiger charge is -2.18. The van der Waals surface area contributed by atoms with Crippen molar-refractivity contribution in [3.63, 3.8) is 0 Å². The summed E-state index contributed by atoms with van der Waals surface area (Å²) in [5, 5.41) is 3.35. The average Bonchev–Trinajstić information content (AvgIpc) is 2.25. The van der Waals surface area contributed by atoms with Crippen LogP contribution in [0.1, 0.15) is 18.1 Å². The van der Waals surface area contributed by atoms with Crippen molar-refractivity contribution in [2.75, 3.05) is 26.7 Å². The summed E-state index contributed by atoms with van der Waals surface area (Å²) in [4.78, 5) is 2.36. The van der Waals surface area contributed by atoms with E-state index in [2.05, 4.69) is 71.9 Å². The summed E-state index contributed by atoms with van der Waals surface area (Å²) in [7, 11) is 2.18. The summed E-state index contributed by atoms with van der Waals surface area (Å²) in [6.07, 6.45) is 0. The molecular weight excluding hydrogens is 311 g/mol. The van der Waals surface area contributed by atoms with Gasteiger partial charge in [0.25, 0.3) is 0 Å². The first-order chi connectivity index (χ1) is 7.65. The topological polar surface area (TPSA) is 15.3 Å². The molecule has 1 aromatic rings. The predicted molar refractivity (Wildman–Crippen MR) is 78.8 cm³/mol. The van der Waals surface area contributed by atoms with Crippen LogP contribution in [0, 0.1) is 10.5 Å². The lowest BCUT2D eigenvalue weighted by molar-refractivity contribution is 0.325. The molecule has 0 radical (unpaired) electrons. The molecule has 1 N–H and O–H groups in total. The van der Waals surface area contributed by atoms with Crippen molar-refractivity contribution in [3.05, 3.63) is 32.9 Å². The van der Waals surface area contributed by atoms with Gasteiger partial charge in [-0.15, -0.1) is 0 Å². The Morgan fingerprint density at radius 3 is 2.81 bits per heavy atom. The molecule has 0 atom stereocenters. The Kier molecular flexibility index (Phi) is 6.31. The highest BCUT2D eigenvalue weighted by Crippen LogP contribution is 2.17. The van der Waals surface area contributed by atoms with E-state index < -0.39 is 0 Å². The molecule has 0 saturated carbocycles. The number of nitrogens with one attached hydrogen (secondary N) is 1. The van der Waals surface area contributed by atoms with E-state index in [1.165, 1.54) is 14.7 Å². The smallest absolute Gasteiger partial charge is 0.0241 e. The van der Waals surface area contributed by atoms with Crippen LogP contribution in [0.4, 0.5) is 0 Å². The van der Waals surface area contributed by atoms with Gasteiger partial charge in [-0.25, -0.2) is 0 Å². The van der Waals surface area contributed by atoms with Gasteiger partial charge in [0, 0.05) is 23.2 Å². The van der Waals surface area contributed by atoms with Crippen LogP contribution in [0.2, 0.25) is 0 Å². The Morgan fingerprint density at radius 1 is 1.38 bits per heavy atom. The highest BCUT2D eigenvalue weighted by atomic mass is 127. The van der Waals surface area contributed by atoms with Crippen molar-refractivity contribution in [2.45, 2.75) is 20.4 Å². The molecular formula is C13H21IN2. The van der Waals surface area contributed by atoms with E-state index in [9.17, 15) is 0 Å². The molecule has 0 spiro atoms. The van der Waals surface area contributed by atoms with E-state index in [-0.39, 0.29) is 0 Å². The Bertz CT molecular complexity index is 326. The molecule has 0 heterocycles. The van der Waals surface area contributed by atoms with Crippen molar-refractivity contribution in [1.82, 2.24) is 10.2 Å². The molecule has 1 aromatic carbocycles. The van der Waals surface area contributed by atoms with E-state index in [0.29, 0.717) is 0 Å². The van der Waals surface area contributed by atoms with Crippen LogP contribution in [0.3, 0.4) is 0 Å². The molecule has 90 valence electrons. The first-order valence-electron chi connectivity index (χ1n) is 5.78. The largest absolute Gasteiger partial charge is 0.316 e. The molecule has 0 saturated heterocycles. The lowest BCUT2D eigenvalue weighted by atomic mass is 10.1. The third-order valence-corrected chi connectivity index (χ3v) is 4.18. The summed E-state index contributed by atoms with van der Waals surface area (Å²) in [6, 6.07) is 6.54. The molecule has 0 aliphatic rings. The SMILES string of the molecule is CCNCCN(C)Cc1cccc(C)c1I. The summed E-state index contributed by atoms with van der Waals surface area (Å²) >= 11 is 2.44. The maximum atomic E-state index is 3.35. The van der Waals surface area contributed by atoms with E-state index in [4.69, 9.17) is 0 Å². The van der Waals surface area contributed by atoms with Gasteiger partial charge in [-0.05, 0) is 54.2 Å². The molecule has 0 aromatic heterocycles. The molecule has 3 heteroatoms. The second kappa shape index (κ2) is 7.25. The molecule has 0 amide bonds. The molecule has 16 heavy (non-hydrogen) atoms. The molecule has 0 unspecified atom stereocenters. The van der Waals surface area contributed by atoms with Crippen LogP contribution < -0.4 is 5.32 Å². The van der Waals surface area contributed by atoms with Gasteiger partial charge >= 0.3 is 0 Å². The Morgan fingerprint density at radius 2 is 2.12 bits per heavy atom. The minimum atomic E-state index is 1.03. The summed E-state index contributed by atoms with van der Waals surface area (Å²) < 4.78 is 1.40. The highest BCUT2D eigenvalue weighted by Gasteiger charge is 2.05. The van der Waals surface area contributed by atoms with Gasteiger partial charge in [0.05, 0.1) is 0 Å². The molecule has 2 nitrogen and oxygen atoms in total. The molecule has 0 aliphatic heterocycles. The van der Waals surface area contributed by atoms with Crippen molar-refractivity contribution < 1.29 is 0 Å². The molecule has 0 bridgehead atoms. The monoisotopic (exact) mass is 332 g/mol. The van der Waals surface area contributed by atoms with Crippen LogP contribution in [0.15, 0.2) is 18.2 Å². The van der Waals surface area contributed by atoms with Gasteiger partial charge in [0.1, 0.15) is 0 Å². The van der Waals surface area contributed by atoms with Crippen molar-refractivity contribution >= 4 is 22.6 Å². The first-order valence-corrected chi connectivity index (χ1v) is 6.86. The van der Waals surface area contributed by atoms with Crippen molar-refractivity contribution in [3.8, 4) is 0 Å². The Labute approximate surface area is 113 Å². The average molecular weight is 332 g/mol. The van der Waals surface area contributed by atoms with Crippen LogP contribution in [-0.4, -0.2) is 31.6 Å². The van der Waals surface area contributed by atoms with Gasteiger partial charge < -0.3 is 10.2 Å². The zero-order chi connectivity index (χ0) is 12.0. The minimum Gasteiger partial charge on any atom is -0.316 e. The molecule has 1 rings (SSSR count). The van der Waals surface area contributed by atoms with Crippen LogP contribution in [-0.2, 0) is 6.54 Å². The second-order valence-electron chi connectivity index (χ2n) is 4.14. The van der Waals surface area contributed by atoms with Gasteiger partial charge in [-0.1, -0.05) is 25.1 Å². The fourth-order valence-electron chi connectivity index (χ4n) is 1.65. The fraction of sp³-hybridized carbons (Fsp3) is 0.538. The predicted octanol–water partition coefficient (Wildman–Crippen LogP) is 2.64. The quantitative estimate of drug-likeness (QED) is 0.636. The second-order valence-corrected chi connectivity index (χ2v) is 5.22. The standard InChI is InChI=1S/C13H21IN2/c1-4-15-8-9-16(3)10-12-7-5-6-11(2)13(12)14/h5-7,15H,4,8-10H2,1-3H3. The molecule has 0 fully saturated rings. The summed E-state index contributed by atoms with van der Waals surface area (Å²) in [5.74, 6) is 0. The van der Waals surface area contributed by atoms with Crippen LogP contribution >= 0.6 is 22.6 Å². The Balaban J connectivity index is 2.49. The molecule has 0 aliphatic carbocycles. The van der Waals surface area contributed by atoms with E-state index in [0.717, 1.165) is 26.2 Å². The number of likely N-dealkylation sites (N-methyl/N-ethyl adjacent to an activating group) is 2. The third-order valence-electron chi connectivity index (χ3n) is 2.63. The normalized spacial score (nSPS) is 11.1. The number of benzene rings is 1. The van der Waals surface area contributed by atoms with Crippen LogP contribution in [0.25, 0.3) is 0 Å². The zero-order valence-electron chi connectivity index (χ0n) is 10.4. The van der Waals surface area contributed by atoms with E-state index in [1.54, 1.807) is 0 Å². The zero-order valence-corrected chi connectivity index (χ0v) is 12.5. The van der Waals surface area contributed by atoms with Crippen molar-refractivity contribution in [1.29, 1.82) is 0 Å². The number of rotatable bonds is 6. The number of aryl methyl sites for hydroxylation is 1. The first kappa shape index (κ1) is 13.9. The fourth-order valence-corrected chi connectivity index (χ4v) is 2.18. The Hall–Kier alpha value is -0.130. The third kappa shape index (κ3) is 4.39. The lowest BCUT2D eigenvalue weighted by Crippen LogP contribution is -2.29. The number of halogens is 1. The number of hydrogen-bond acceptors (Lipinski definition) is 2. The maximum Gasteiger partial charge on any atom is 0.0241 e. The van der Waals surface area contributed by atoms with Crippen LogP contribution in [0.5, 0.6) is 0 Å². The highest BCUT2D eigenvalue weighted by molar-refractivity contribution is 14.1. The number of nitrogens with zero attached hydrogens (tertiary/aromatic N) is 1. The van der Waals surface area contributed by atoms with E-state index >= 15 is 0 Å². The van der Waals surface area contributed by atoms with Gasteiger partial charge in [0.2, 0.25) is 0 Å². The van der Waals surface area contributed by atoms with Gasteiger partial charge in [0.15, 0.2) is 0 Å². The van der Waals surface area contributed by atoms with Gasteiger partial charge in [-0.3, -0.25) is 0 Å². The summed E-state index contributed by atoms with van der Waals surface area (Å²) in [5.41, 5.74) is 2.80. The van der Waals surface area contributed by atoms with E-state index in [1.807, 2.05) is 0 Å².